The highest BCUT2D eigenvalue weighted by Gasteiger charge is 2.06. The molecule has 0 atom stereocenters. The highest BCUT2D eigenvalue weighted by molar-refractivity contribution is 7.80. The number of para-hydroxylation sites is 1. The van der Waals surface area contributed by atoms with Crippen molar-refractivity contribution in [2.24, 2.45) is 0 Å². The lowest BCUT2D eigenvalue weighted by Gasteiger charge is -2.11. The fraction of sp³-hybridized carbons (Fsp3) is 0.250. The Morgan fingerprint density at radius 2 is 1.96 bits per heavy atom. The van der Waals surface area contributed by atoms with Crippen LogP contribution in [0.4, 0.5) is 11.5 Å². The molecule has 0 aliphatic carbocycles. The molecule has 1 aromatic carbocycles. The topological polar surface area (TPSA) is 91.0 Å². The van der Waals surface area contributed by atoms with Crippen LogP contribution in [0.1, 0.15) is 19.0 Å². The molecule has 4 N–H and O–H groups in total. The number of anilines is 2. The molecule has 2 rings (SSSR count). The van der Waals surface area contributed by atoms with Gasteiger partial charge >= 0.3 is 0 Å². The van der Waals surface area contributed by atoms with E-state index in [0.29, 0.717) is 16.6 Å². The maximum atomic E-state index is 12.0. The fourth-order valence-corrected chi connectivity index (χ4v) is 2.03. The van der Waals surface area contributed by atoms with Gasteiger partial charge < -0.3 is 10.6 Å². The van der Waals surface area contributed by atoms with Crippen molar-refractivity contribution in [1.29, 1.82) is 0 Å². The van der Waals surface area contributed by atoms with Crippen LogP contribution in [0.5, 0.6) is 0 Å². The van der Waals surface area contributed by atoms with Gasteiger partial charge in [0.05, 0.1) is 12.1 Å². The van der Waals surface area contributed by atoms with Crippen LogP contribution in [-0.4, -0.2) is 27.5 Å². The maximum absolute atomic E-state index is 12.0. The predicted octanol–water partition coefficient (Wildman–Crippen LogP) is 1.86. The van der Waals surface area contributed by atoms with Crippen LogP contribution >= 0.6 is 12.2 Å². The van der Waals surface area contributed by atoms with Crippen molar-refractivity contribution in [3.8, 4) is 0 Å². The molecular formula is C16H20N6OS. The number of nitrogens with zero attached hydrogens (tertiary/aromatic N) is 2. The zero-order valence-electron chi connectivity index (χ0n) is 13.4. The lowest BCUT2D eigenvalue weighted by Crippen LogP contribution is -2.44. The Hall–Kier alpha value is -2.74. The van der Waals surface area contributed by atoms with Gasteiger partial charge in [-0.15, -0.1) is 0 Å². The van der Waals surface area contributed by atoms with E-state index in [1.165, 1.54) is 6.33 Å². The number of nitrogens with one attached hydrogen (secondary N) is 4. The molecule has 0 aliphatic heterocycles. The molecule has 0 saturated carbocycles. The second-order valence-electron chi connectivity index (χ2n) is 4.99. The lowest BCUT2D eigenvalue weighted by molar-refractivity contribution is -0.121. The lowest BCUT2D eigenvalue weighted by atomic mass is 10.3. The Morgan fingerprint density at radius 3 is 2.71 bits per heavy atom. The SMILES string of the molecule is CCCNc1cc(CC(=O)NNC(=S)Nc2ccccc2)ncn1. The third kappa shape index (κ3) is 6.17. The molecule has 0 fully saturated rings. The first-order valence-corrected chi connectivity index (χ1v) is 8.04. The smallest absolute Gasteiger partial charge is 0.244 e. The van der Waals surface area contributed by atoms with Gasteiger partial charge in [0, 0.05) is 18.3 Å². The van der Waals surface area contributed by atoms with E-state index in [2.05, 4.69) is 38.4 Å². The fourth-order valence-electron chi connectivity index (χ4n) is 1.86. The van der Waals surface area contributed by atoms with Crippen molar-refractivity contribution in [3.63, 3.8) is 0 Å². The molecule has 8 heteroatoms. The number of carbonyl (C=O) groups is 1. The van der Waals surface area contributed by atoms with Gasteiger partial charge in [-0.1, -0.05) is 25.1 Å². The summed E-state index contributed by atoms with van der Waals surface area (Å²) >= 11 is 5.12. The van der Waals surface area contributed by atoms with Gasteiger partial charge in [0.25, 0.3) is 0 Å². The van der Waals surface area contributed by atoms with E-state index < -0.39 is 0 Å². The minimum Gasteiger partial charge on any atom is -0.370 e. The summed E-state index contributed by atoms with van der Waals surface area (Å²) in [6.07, 6.45) is 2.56. The number of hydrogen-bond acceptors (Lipinski definition) is 5. The molecule has 0 spiro atoms. The molecule has 0 saturated heterocycles. The molecular weight excluding hydrogens is 324 g/mol. The third-order valence-electron chi connectivity index (χ3n) is 2.97. The molecule has 126 valence electrons. The highest BCUT2D eigenvalue weighted by Crippen LogP contribution is 2.05. The predicted molar refractivity (Wildman–Crippen MR) is 98.5 cm³/mol. The standard InChI is InChI=1S/C16H20N6OS/c1-2-8-17-14-9-13(18-11-19-14)10-15(23)21-22-16(24)20-12-6-4-3-5-7-12/h3-7,9,11H,2,8,10H2,1H3,(H,21,23)(H,17,18,19)(H2,20,22,24). The van der Waals surface area contributed by atoms with Gasteiger partial charge in [0.2, 0.25) is 5.91 Å². The van der Waals surface area contributed by atoms with Crippen LogP contribution in [0, 0.1) is 0 Å². The van der Waals surface area contributed by atoms with Gasteiger partial charge in [0.15, 0.2) is 5.11 Å². The summed E-state index contributed by atoms with van der Waals surface area (Å²) in [7, 11) is 0. The normalized spacial score (nSPS) is 9.88. The first kappa shape index (κ1) is 17.6. The van der Waals surface area contributed by atoms with Crippen molar-refractivity contribution in [3.05, 3.63) is 48.4 Å². The Balaban J connectivity index is 1.77. The zero-order valence-corrected chi connectivity index (χ0v) is 14.2. The summed E-state index contributed by atoms with van der Waals surface area (Å²) in [5.41, 5.74) is 6.67. The highest BCUT2D eigenvalue weighted by atomic mass is 32.1. The molecule has 0 unspecified atom stereocenters. The van der Waals surface area contributed by atoms with Crippen LogP contribution in [0.25, 0.3) is 0 Å². The number of rotatable bonds is 6. The molecule has 7 nitrogen and oxygen atoms in total. The van der Waals surface area contributed by atoms with E-state index in [9.17, 15) is 4.79 Å². The monoisotopic (exact) mass is 344 g/mol. The first-order valence-electron chi connectivity index (χ1n) is 7.63. The minimum atomic E-state index is -0.243. The van der Waals surface area contributed by atoms with E-state index in [1.807, 2.05) is 30.3 Å². The summed E-state index contributed by atoms with van der Waals surface area (Å²) < 4.78 is 0. The molecule has 2 aromatic rings. The number of hydrogen-bond donors (Lipinski definition) is 4. The molecule has 1 heterocycles. The molecule has 0 bridgehead atoms. The van der Waals surface area contributed by atoms with E-state index in [4.69, 9.17) is 12.2 Å². The molecule has 1 aromatic heterocycles. The maximum Gasteiger partial charge on any atom is 0.244 e. The molecule has 0 radical (unpaired) electrons. The average molecular weight is 344 g/mol. The molecule has 1 amide bonds. The molecule has 24 heavy (non-hydrogen) atoms. The second kappa shape index (κ2) is 9.41. The minimum absolute atomic E-state index is 0.129. The Kier molecular flexibility index (Phi) is 6.91. The number of benzene rings is 1. The Labute approximate surface area is 146 Å². The van der Waals surface area contributed by atoms with Gasteiger partial charge in [-0.3, -0.25) is 15.6 Å². The van der Waals surface area contributed by atoms with Crippen LogP contribution < -0.4 is 21.5 Å². The number of thiocarbonyl (C=S) groups is 1. The number of aromatic nitrogens is 2. The summed E-state index contributed by atoms with van der Waals surface area (Å²) in [5, 5.41) is 6.43. The van der Waals surface area contributed by atoms with E-state index in [-0.39, 0.29) is 12.3 Å². The van der Waals surface area contributed by atoms with Gasteiger partial charge in [0.1, 0.15) is 12.1 Å². The summed E-state index contributed by atoms with van der Waals surface area (Å²) in [4.78, 5) is 20.2. The van der Waals surface area contributed by atoms with Crippen LogP contribution in [0.3, 0.4) is 0 Å². The third-order valence-corrected chi connectivity index (χ3v) is 3.17. The van der Waals surface area contributed by atoms with Gasteiger partial charge in [-0.2, -0.15) is 0 Å². The van der Waals surface area contributed by atoms with Crippen molar-refractivity contribution in [2.45, 2.75) is 19.8 Å². The van der Waals surface area contributed by atoms with E-state index in [1.54, 1.807) is 6.07 Å². The van der Waals surface area contributed by atoms with Crippen LogP contribution in [0.2, 0.25) is 0 Å². The van der Waals surface area contributed by atoms with Gasteiger partial charge in [-0.25, -0.2) is 9.97 Å². The first-order chi connectivity index (χ1) is 11.7. The van der Waals surface area contributed by atoms with Gasteiger partial charge in [-0.05, 0) is 30.8 Å². The second-order valence-corrected chi connectivity index (χ2v) is 5.40. The van der Waals surface area contributed by atoms with Crippen molar-refractivity contribution in [1.82, 2.24) is 20.8 Å². The quantitative estimate of drug-likeness (QED) is 0.470. The Morgan fingerprint density at radius 1 is 1.17 bits per heavy atom. The largest absolute Gasteiger partial charge is 0.370 e. The summed E-state index contributed by atoms with van der Waals surface area (Å²) in [6, 6.07) is 11.2. The Bertz CT molecular complexity index is 679. The average Bonchev–Trinajstić information content (AvgIpc) is 2.59. The summed E-state index contributed by atoms with van der Waals surface area (Å²) in [5.74, 6) is 0.469. The van der Waals surface area contributed by atoms with Crippen molar-refractivity contribution < 1.29 is 4.79 Å². The zero-order chi connectivity index (χ0) is 17.2. The van der Waals surface area contributed by atoms with Crippen molar-refractivity contribution in [2.75, 3.05) is 17.2 Å². The number of amides is 1. The van der Waals surface area contributed by atoms with E-state index in [0.717, 1.165) is 18.7 Å². The van der Waals surface area contributed by atoms with Crippen LogP contribution in [0.15, 0.2) is 42.7 Å². The van der Waals surface area contributed by atoms with E-state index >= 15 is 0 Å². The summed E-state index contributed by atoms with van der Waals surface area (Å²) in [6.45, 7) is 2.89. The van der Waals surface area contributed by atoms with Crippen LogP contribution in [-0.2, 0) is 11.2 Å². The van der Waals surface area contributed by atoms with Crippen molar-refractivity contribution >= 4 is 34.7 Å². The number of carbonyl (C=O) groups excluding carboxylic acids is 1. The number of hydrazine groups is 1. The molecule has 0 aliphatic rings.